The first-order valence-electron chi connectivity index (χ1n) is 9.90. The zero-order chi connectivity index (χ0) is 19.3. The molecule has 6 nitrogen and oxygen atoms in total. The normalized spacial score (nSPS) is 19.5. The van der Waals surface area contributed by atoms with Crippen molar-refractivity contribution in [3.8, 4) is 0 Å². The molecule has 2 aliphatic rings. The summed E-state index contributed by atoms with van der Waals surface area (Å²) in [6, 6.07) is 6.35. The van der Waals surface area contributed by atoms with E-state index in [1.54, 1.807) is 6.92 Å². The van der Waals surface area contributed by atoms with Gasteiger partial charge in [-0.05, 0) is 69.8 Å². The Morgan fingerprint density at radius 3 is 2.70 bits per heavy atom. The Bertz CT molecular complexity index is 722. The van der Waals surface area contributed by atoms with Crippen LogP contribution >= 0.6 is 0 Å². The molecule has 0 bridgehead atoms. The second-order valence-electron chi connectivity index (χ2n) is 8.00. The number of nitrogens with zero attached hydrogens (tertiary/aromatic N) is 3. The molecule has 0 radical (unpaired) electrons. The molecule has 0 atom stereocenters. The Morgan fingerprint density at radius 1 is 1.30 bits per heavy atom. The Morgan fingerprint density at radius 2 is 2.04 bits per heavy atom. The van der Waals surface area contributed by atoms with E-state index < -0.39 is 0 Å². The number of benzene rings is 1. The summed E-state index contributed by atoms with van der Waals surface area (Å²) in [5.41, 5.74) is 10.8. The number of nitrogens with one attached hydrogen (secondary N) is 2. The van der Waals surface area contributed by atoms with E-state index in [1.807, 2.05) is 13.3 Å². The van der Waals surface area contributed by atoms with Gasteiger partial charge in [0.25, 0.3) is 0 Å². The Hall–Kier alpha value is -2.05. The minimum Gasteiger partial charge on any atom is -0.361 e. The summed E-state index contributed by atoms with van der Waals surface area (Å²) in [6.45, 7) is 8.71. The van der Waals surface area contributed by atoms with Crippen LogP contribution in [0.1, 0.15) is 44.2 Å². The van der Waals surface area contributed by atoms with Gasteiger partial charge in [-0.15, -0.1) is 0 Å². The number of nitrogens with two attached hydrogens (primary N) is 1. The second-order valence-corrected chi connectivity index (χ2v) is 8.00. The number of amidine groups is 1. The first-order chi connectivity index (χ1) is 13.0. The molecule has 27 heavy (non-hydrogen) atoms. The Kier molecular flexibility index (Phi) is 6.39. The van der Waals surface area contributed by atoms with Gasteiger partial charge in [-0.1, -0.05) is 12.1 Å². The van der Waals surface area contributed by atoms with Crippen LogP contribution in [0.25, 0.3) is 0 Å². The maximum Gasteiger partial charge on any atom is 0.117 e. The first kappa shape index (κ1) is 19.7. The third kappa shape index (κ3) is 5.23. The fourth-order valence-corrected chi connectivity index (χ4v) is 4.07. The molecule has 0 aromatic heterocycles. The molecule has 0 amide bonds. The lowest BCUT2D eigenvalue weighted by atomic mass is 9.73. The third-order valence-electron chi connectivity index (χ3n) is 5.60. The van der Waals surface area contributed by atoms with Crippen LogP contribution in [0.4, 0.5) is 5.69 Å². The molecule has 1 spiro atoms. The van der Waals surface area contributed by atoms with Crippen LogP contribution in [-0.2, 0) is 13.0 Å². The number of hydrogen-bond donors (Lipinski definition) is 3. The first-order valence-corrected chi connectivity index (χ1v) is 9.90. The van der Waals surface area contributed by atoms with Crippen LogP contribution in [0.3, 0.4) is 0 Å². The van der Waals surface area contributed by atoms with Crippen LogP contribution in [0, 0.1) is 10.8 Å². The average molecular weight is 369 g/mol. The highest BCUT2D eigenvalue weighted by Crippen LogP contribution is 2.38. The highest BCUT2D eigenvalue weighted by molar-refractivity contribution is 5.94. The van der Waals surface area contributed by atoms with Crippen LogP contribution < -0.4 is 11.1 Å². The van der Waals surface area contributed by atoms with Gasteiger partial charge in [-0.25, -0.2) is 9.98 Å². The van der Waals surface area contributed by atoms with E-state index in [2.05, 4.69) is 33.4 Å². The number of aliphatic imine (C=N–C) groups is 2. The highest BCUT2D eigenvalue weighted by atomic mass is 15.2. The molecule has 2 fully saturated rings. The summed E-state index contributed by atoms with van der Waals surface area (Å²) in [5.74, 6) is 0.358. The van der Waals surface area contributed by atoms with E-state index in [9.17, 15) is 0 Å². The fraction of sp³-hybridized carbons (Fsp3) is 0.571. The lowest BCUT2D eigenvalue weighted by Gasteiger charge is -2.51. The zero-order valence-corrected chi connectivity index (χ0v) is 16.6. The minimum absolute atomic E-state index is 0.358. The number of likely N-dealkylation sites (tertiary alicyclic amines) is 1. The third-order valence-corrected chi connectivity index (χ3v) is 5.60. The molecule has 1 aromatic rings. The van der Waals surface area contributed by atoms with Crippen LogP contribution in [0.2, 0.25) is 0 Å². The molecule has 0 saturated carbocycles. The number of rotatable bonds is 6. The topological polar surface area (TPSA) is 89.9 Å². The molecular weight excluding hydrogens is 336 g/mol. The van der Waals surface area contributed by atoms with Crippen molar-refractivity contribution in [3.05, 3.63) is 29.3 Å². The van der Waals surface area contributed by atoms with Gasteiger partial charge in [0.15, 0.2) is 0 Å². The minimum atomic E-state index is 0.358. The smallest absolute Gasteiger partial charge is 0.117 e. The van der Waals surface area contributed by atoms with Crippen molar-refractivity contribution in [1.82, 2.24) is 10.2 Å². The van der Waals surface area contributed by atoms with E-state index >= 15 is 0 Å². The molecule has 4 N–H and O–H groups in total. The van der Waals surface area contributed by atoms with E-state index in [0.717, 1.165) is 56.0 Å². The van der Waals surface area contributed by atoms with Crippen molar-refractivity contribution in [1.29, 1.82) is 5.41 Å². The molecular formula is C21H32N6. The van der Waals surface area contributed by atoms with Crippen LogP contribution in [0.5, 0.6) is 0 Å². The molecule has 2 saturated heterocycles. The van der Waals surface area contributed by atoms with Crippen molar-refractivity contribution in [3.63, 3.8) is 0 Å². The van der Waals surface area contributed by atoms with Crippen LogP contribution in [-0.4, -0.2) is 49.0 Å². The van der Waals surface area contributed by atoms with Gasteiger partial charge in [-0.3, -0.25) is 5.41 Å². The summed E-state index contributed by atoms with van der Waals surface area (Å²) in [6.07, 6.45) is 6.31. The summed E-state index contributed by atoms with van der Waals surface area (Å²) in [4.78, 5) is 11.2. The molecule has 1 aromatic carbocycles. The van der Waals surface area contributed by atoms with E-state index in [0.29, 0.717) is 17.8 Å². The maximum absolute atomic E-state index is 7.44. The lowest BCUT2D eigenvalue weighted by Crippen LogP contribution is -2.59. The van der Waals surface area contributed by atoms with Crippen molar-refractivity contribution in [2.45, 2.75) is 46.1 Å². The molecule has 146 valence electrons. The molecule has 0 aliphatic carbocycles. The van der Waals surface area contributed by atoms with Gasteiger partial charge in [0.2, 0.25) is 0 Å². The van der Waals surface area contributed by atoms with E-state index in [1.165, 1.54) is 18.4 Å². The van der Waals surface area contributed by atoms with Crippen molar-refractivity contribution in [2.75, 3.05) is 26.2 Å². The lowest BCUT2D eigenvalue weighted by molar-refractivity contribution is 0.0312. The standard InChI is InChI=1S/C21H32N6/c1-16(26-17(2)23)3-4-18-5-6-20(19(11-18)12-22)25-15-27-13-21(14-27)7-9-24-10-8-21/h5-6,11,15,23-24H,3-4,7-10,12-14,22H2,1-2H3. The van der Waals surface area contributed by atoms with Gasteiger partial charge in [0.1, 0.15) is 5.84 Å². The van der Waals surface area contributed by atoms with Gasteiger partial charge >= 0.3 is 0 Å². The quantitative estimate of drug-likeness (QED) is 0.533. The maximum atomic E-state index is 7.44. The molecule has 2 aliphatic heterocycles. The Balaban J connectivity index is 1.57. The predicted molar refractivity (Wildman–Crippen MR) is 113 cm³/mol. The summed E-state index contributed by atoms with van der Waals surface area (Å²) >= 11 is 0. The van der Waals surface area contributed by atoms with Gasteiger partial charge in [0.05, 0.1) is 12.0 Å². The molecule has 0 unspecified atom stereocenters. The van der Waals surface area contributed by atoms with Crippen LogP contribution in [0.15, 0.2) is 28.2 Å². The molecule has 2 heterocycles. The van der Waals surface area contributed by atoms with Gasteiger partial charge in [-0.2, -0.15) is 0 Å². The largest absolute Gasteiger partial charge is 0.361 e. The monoisotopic (exact) mass is 368 g/mol. The van der Waals surface area contributed by atoms with E-state index in [-0.39, 0.29) is 0 Å². The summed E-state index contributed by atoms with van der Waals surface area (Å²) < 4.78 is 0. The van der Waals surface area contributed by atoms with Crippen molar-refractivity contribution in [2.24, 2.45) is 21.1 Å². The van der Waals surface area contributed by atoms with E-state index in [4.69, 9.17) is 16.1 Å². The molecule has 3 rings (SSSR count). The Labute approximate surface area is 162 Å². The number of piperidine rings is 1. The van der Waals surface area contributed by atoms with Crippen molar-refractivity contribution < 1.29 is 0 Å². The van der Waals surface area contributed by atoms with Gasteiger partial charge < -0.3 is 16.0 Å². The number of hydrogen-bond acceptors (Lipinski definition) is 4. The fourth-order valence-electron chi connectivity index (χ4n) is 4.07. The average Bonchev–Trinajstić information content (AvgIpc) is 2.63. The highest BCUT2D eigenvalue weighted by Gasteiger charge is 2.42. The predicted octanol–water partition coefficient (Wildman–Crippen LogP) is 2.88. The zero-order valence-electron chi connectivity index (χ0n) is 16.6. The molecule has 6 heteroatoms. The SMILES string of the molecule is CC(=N)N=C(C)CCc1ccc(N=CN2CC3(CCNCC3)C2)c(CN)c1. The van der Waals surface area contributed by atoms with Crippen molar-refractivity contribution >= 4 is 23.6 Å². The summed E-state index contributed by atoms with van der Waals surface area (Å²) in [7, 11) is 0. The van der Waals surface area contributed by atoms with Gasteiger partial charge in [0, 0.05) is 30.8 Å². The summed E-state index contributed by atoms with van der Waals surface area (Å²) in [5, 5.41) is 10.9. The number of aryl methyl sites for hydroxylation is 1. The second kappa shape index (κ2) is 8.76.